The normalized spacial score (nSPS) is 14.9. The first-order chi connectivity index (χ1) is 8.68. The summed E-state index contributed by atoms with van der Waals surface area (Å²) in [6, 6.07) is 10.6. The monoisotopic (exact) mass is 237 g/mol. The maximum Gasteiger partial charge on any atom is 0.178 e. The largest absolute Gasteiger partial charge is 0.293 e. The molecule has 1 heterocycles. The highest BCUT2D eigenvalue weighted by Crippen LogP contribution is 2.33. The van der Waals surface area contributed by atoms with E-state index in [0.717, 1.165) is 5.69 Å². The molecular formula is C15H11NO2. The third-order valence-corrected chi connectivity index (χ3v) is 3.25. The predicted octanol–water partition coefficient (Wildman–Crippen LogP) is 2.55. The van der Waals surface area contributed by atoms with Crippen LogP contribution in [0, 0.1) is 6.92 Å². The van der Waals surface area contributed by atoms with Gasteiger partial charge in [0.05, 0.1) is 0 Å². The second kappa shape index (κ2) is 3.88. The number of carbonyl (C=O) groups is 2. The first kappa shape index (κ1) is 10.8. The molecule has 0 spiro atoms. The van der Waals surface area contributed by atoms with Crippen molar-refractivity contribution >= 4 is 11.6 Å². The van der Waals surface area contributed by atoms with E-state index in [1.807, 2.05) is 13.0 Å². The van der Waals surface area contributed by atoms with E-state index in [1.165, 1.54) is 0 Å². The molecule has 0 aliphatic heterocycles. The van der Waals surface area contributed by atoms with Crippen LogP contribution in [0.1, 0.15) is 37.9 Å². The number of hydrogen-bond donors (Lipinski definition) is 0. The van der Waals surface area contributed by atoms with Crippen LogP contribution in [0.3, 0.4) is 0 Å². The third-order valence-electron chi connectivity index (χ3n) is 3.25. The van der Waals surface area contributed by atoms with E-state index in [9.17, 15) is 9.59 Å². The lowest BCUT2D eigenvalue weighted by atomic mass is 9.96. The molecule has 3 nitrogen and oxygen atoms in total. The quantitative estimate of drug-likeness (QED) is 0.716. The van der Waals surface area contributed by atoms with Crippen LogP contribution in [-0.2, 0) is 0 Å². The fraction of sp³-hybridized carbons (Fsp3) is 0.133. The van der Waals surface area contributed by atoms with Gasteiger partial charge >= 0.3 is 0 Å². The van der Waals surface area contributed by atoms with Gasteiger partial charge in [0.1, 0.15) is 5.92 Å². The van der Waals surface area contributed by atoms with Crippen molar-refractivity contribution in [1.82, 2.24) is 4.98 Å². The van der Waals surface area contributed by atoms with E-state index in [0.29, 0.717) is 16.7 Å². The maximum atomic E-state index is 12.2. The van der Waals surface area contributed by atoms with E-state index in [-0.39, 0.29) is 11.6 Å². The van der Waals surface area contributed by atoms with Crippen molar-refractivity contribution < 1.29 is 9.59 Å². The molecule has 1 aliphatic carbocycles. The Morgan fingerprint density at radius 2 is 1.56 bits per heavy atom. The number of hydrogen-bond acceptors (Lipinski definition) is 3. The zero-order valence-electron chi connectivity index (χ0n) is 9.88. The van der Waals surface area contributed by atoms with Crippen molar-refractivity contribution in [3.05, 3.63) is 65.0 Å². The van der Waals surface area contributed by atoms with E-state index < -0.39 is 5.92 Å². The second-order valence-electron chi connectivity index (χ2n) is 4.44. The Morgan fingerprint density at radius 1 is 0.944 bits per heavy atom. The first-order valence-corrected chi connectivity index (χ1v) is 5.78. The third kappa shape index (κ3) is 1.48. The first-order valence-electron chi connectivity index (χ1n) is 5.78. The number of carbonyl (C=O) groups excluding carboxylic acids is 2. The highest BCUT2D eigenvalue weighted by atomic mass is 16.2. The molecular weight excluding hydrogens is 226 g/mol. The molecule has 18 heavy (non-hydrogen) atoms. The second-order valence-corrected chi connectivity index (χ2v) is 4.44. The van der Waals surface area contributed by atoms with Gasteiger partial charge in [-0.3, -0.25) is 14.6 Å². The molecule has 1 aliphatic rings. The van der Waals surface area contributed by atoms with Gasteiger partial charge in [-0.05, 0) is 18.6 Å². The van der Waals surface area contributed by atoms with Gasteiger partial charge in [0.25, 0.3) is 0 Å². The average Bonchev–Trinajstić information content (AvgIpc) is 2.64. The number of benzene rings is 1. The van der Waals surface area contributed by atoms with Gasteiger partial charge in [0.15, 0.2) is 11.6 Å². The SMILES string of the molecule is Cc1ccc(C2C(=O)c3ccccc3C2=O)cn1. The molecule has 1 aromatic carbocycles. The van der Waals surface area contributed by atoms with Crippen LogP contribution in [0.2, 0.25) is 0 Å². The van der Waals surface area contributed by atoms with Crippen molar-refractivity contribution in [2.24, 2.45) is 0 Å². The minimum absolute atomic E-state index is 0.124. The van der Waals surface area contributed by atoms with Crippen molar-refractivity contribution in [2.45, 2.75) is 12.8 Å². The number of ketones is 2. The number of aromatic nitrogens is 1. The Morgan fingerprint density at radius 3 is 2.06 bits per heavy atom. The number of nitrogens with zero attached hydrogens (tertiary/aromatic N) is 1. The predicted molar refractivity (Wildman–Crippen MR) is 66.8 cm³/mol. The Balaban J connectivity index is 2.09. The van der Waals surface area contributed by atoms with Crippen LogP contribution >= 0.6 is 0 Å². The molecule has 0 saturated carbocycles. The summed E-state index contributed by atoms with van der Waals surface area (Å²) in [5.74, 6) is -0.960. The minimum atomic E-state index is -0.713. The van der Waals surface area contributed by atoms with Crippen LogP contribution in [0.5, 0.6) is 0 Å². The average molecular weight is 237 g/mol. The fourth-order valence-electron chi connectivity index (χ4n) is 2.30. The summed E-state index contributed by atoms with van der Waals surface area (Å²) < 4.78 is 0. The number of fused-ring (bicyclic) bond motifs is 1. The smallest absolute Gasteiger partial charge is 0.178 e. The number of Topliss-reactive ketones (excluding diaryl/α,β-unsaturated/α-hetero) is 2. The van der Waals surface area contributed by atoms with Crippen molar-refractivity contribution in [3.63, 3.8) is 0 Å². The molecule has 0 unspecified atom stereocenters. The highest BCUT2D eigenvalue weighted by Gasteiger charge is 2.39. The van der Waals surface area contributed by atoms with Crippen LogP contribution in [0.25, 0.3) is 0 Å². The number of rotatable bonds is 1. The standard InChI is InChI=1S/C15H11NO2/c1-9-6-7-10(8-16-9)13-14(17)11-4-2-3-5-12(11)15(13)18/h2-8,13H,1H3. The number of aryl methyl sites for hydroxylation is 1. The minimum Gasteiger partial charge on any atom is -0.293 e. The molecule has 3 rings (SSSR count). The van der Waals surface area contributed by atoms with Gasteiger partial charge in [-0.15, -0.1) is 0 Å². The maximum absolute atomic E-state index is 12.2. The molecule has 0 amide bonds. The molecule has 2 aromatic rings. The Kier molecular flexibility index (Phi) is 2.33. The van der Waals surface area contributed by atoms with Crippen LogP contribution in [0.15, 0.2) is 42.6 Å². The number of pyridine rings is 1. The summed E-state index contributed by atoms with van der Waals surface area (Å²) >= 11 is 0. The summed E-state index contributed by atoms with van der Waals surface area (Å²) in [5, 5.41) is 0. The summed E-state index contributed by atoms with van der Waals surface area (Å²) in [6.45, 7) is 1.87. The molecule has 3 heteroatoms. The van der Waals surface area contributed by atoms with Gasteiger partial charge in [-0.1, -0.05) is 30.3 Å². The molecule has 0 N–H and O–H groups in total. The Hall–Kier alpha value is -2.29. The lowest BCUT2D eigenvalue weighted by Crippen LogP contribution is -2.13. The lowest BCUT2D eigenvalue weighted by Gasteiger charge is -2.06. The van der Waals surface area contributed by atoms with Crippen LogP contribution in [-0.4, -0.2) is 16.6 Å². The molecule has 0 radical (unpaired) electrons. The van der Waals surface area contributed by atoms with Gasteiger partial charge in [0.2, 0.25) is 0 Å². The summed E-state index contributed by atoms with van der Waals surface area (Å²) in [4.78, 5) is 28.6. The molecule has 0 bridgehead atoms. The van der Waals surface area contributed by atoms with Crippen molar-refractivity contribution in [3.8, 4) is 0 Å². The molecule has 0 saturated heterocycles. The highest BCUT2D eigenvalue weighted by molar-refractivity contribution is 6.29. The van der Waals surface area contributed by atoms with Crippen LogP contribution < -0.4 is 0 Å². The fourth-order valence-corrected chi connectivity index (χ4v) is 2.30. The molecule has 0 fully saturated rings. The Labute approximate surface area is 104 Å². The molecule has 1 aromatic heterocycles. The van der Waals surface area contributed by atoms with Crippen molar-refractivity contribution in [1.29, 1.82) is 0 Å². The molecule has 0 atom stereocenters. The van der Waals surface area contributed by atoms with Gasteiger partial charge in [-0.25, -0.2) is 0 Å². The van der Waals surface area contributed by atoms with E-state index in [4.69, 9.17) is 0 Å². The summed E-state index contributed by atoms with van der Waals surface area (Å²) in [6.07, 6.45) is 1.61. The van der Waals surface area contributed by atoms with E-state index in [1.54, 1.807) is 36.5 Å². The van der Waals surface area contributed by atoms with Crippen LogP contribution in [0.4, 0.5) is 0 Å². The molecule has 88 valence electrons. The lowest BCUT2D eigenvalue weighted by molar-refractivity contribution is 0.0890. The van der Waals surface area contributed by atoms with E-state index >= 15 is 0 Å². The topological polar surface area (TPSA) is 47.0 Å². The van der Waals surface area contributed by atoms with Gasteiger partial charge in [0, 0.05) is 23.0 Å². The van der Waals surface area contributed by atoms with Gasteiger partial charge < -0.3 is 0 Å². The zero-order valence-corrected chi connectivity index (χ0v) is 9.88. The van der Waals surface area contributed by atoms with Crippen molar-refractivity contribution in [2.75, 3.05) is 0 Å². The summed E-state index contributed by atoms with van der Waals surface area (Å²) in [5.41, 5.74) is 2.59. The zero-order chi connectivity index (χ0) is 12.7. The Bertz CT molecular complexity index is 609. The summed E-state index contributed by atoms with van der Waals surface area (Å²) in [7, 11) is 0. The van der Waals surface area contributed by atoms with Gasteiger partial charge in [-0.2, -0.15) is 0 Å². The van der Waals surface area contributed by atoms with E-state index in [2.05, 4.69) is 4.98 Å².